The first-order valence-electron chi connectivity index (χ1n) is 8.78. The molecule has 0 spiro atoms. The second-order valence-electron chi connectivity index (χ2n) is 6.38. The van der Waals surface area contributed by atoms with Gasteiger partial charge in [-0.1, -0.05) is 18.5 Å². The molecule has 0 radical (unpaired) electrons. The van der Waals surface area contributed by atoms with Crippen molar-refractivity contribution in [2.24, 2.45) is 0 Å². The number of nitrogens with zero attached hydrogens (tertiary/aromatic N) is 1. The average Bonchev–Trinajstić information content (AvgIpc) is 2.51. The molecule has 1 atom stereocenters. The number of rotatable bonds is 8. The van der Waals surface area contributed by atoms with Crippen molar-refractivity contribution in [2.75, 3.05) is 25.0 Å². The van der Waals surface area contributed by atoms with Gasteiger partial charge in [0.25, 0.3) is 5.91 Å². The van der Waals surface area contributed by atoms with Gasteiger partial charge in [-0.15, -0.1) is 0 Å². The Labute approximate surface area is 146 Å². The third-order valence-electron chi connectivity index (χ3n) is 5.16. The number of aryl methyl sites for hydroxylation is 2. The Kier molecular flexibility index (Phi) is 7.56. The quantitative estimate of drug-likeness (QED) is 0.668. The molecule has 1 amide bonds. The average molecular weight is 340 g/mol. The van der Waals surface area contributed by atoms with Gasteiger partial charge in [-0.05, 0) is 64.3 Å². The molecule has 0 aliphatic heterocycles. The zero-order valence-electron chi connectivity index (χ0n) is 15.5. The fourth-order valence-corrected chi connectivity index (χ4v) is 3.90. The number of anilines is 1. The Bertz CT molecular complexity index is 507. The molecule has 0 fully saturated rings. The monoisotopic (exact) mass is 339 g/mol. The number of carbonyl (C=O) groups is 1. The van der Waals surface area contributed by atoms with E-state index in [1.165, 1.54) is 0 Å². The molecule has 1 unspecified atom stereocenters. The number of amides is 1. The standard InChI is InChI=1S/C19H31ClN2O/c1-7-11-17(22(8-2,9-3)10-4)19(23)21-18-14(5)12-16(20)13-15(18)6/h12-13,17H,7-11H2,1-6H3/p+1. The van der Waals surface area contributed by atoms with Gasteiger partial charge in [0.1, 0.15) is 0 Å². The van der Waals surface area contributed by atoms with Gasteiger partial charge in [-0.25, -0.2) is 0 Å². The van der Waals surface area contributed by atoms with Crippen LogP contribution in [0.2, 0.25) is 5.02 Å². The van der Waals surface area contributed by atoms with Crippen molar-refractivity contribution in [1.82, 2.24) is 0 Å². The highest BCUT2D eigenvalue weighted by molar-refractivity contribution is 6.30. The molecule has 1 rings (SSSR count). The molecule has 130 valence electrons. The van der Waals surface area contributed by atoms with Crippen molar-refractivity contribution < 1.29 is 9.28 Å². The Morgan fingerprint density at radius 2 is 1.57 bits per heavy atom. The summed E-state index contributed by atoms with van der Waals surface area (Å²) in [6.45, 7) is 15.6. The van der Waals surface area contributed by atoms with Gasteiger partial charge in [-0.3, -0.25) is 4.79 Å². The number of quaternary nitrogens is 1. The molecular formula is C19H32ClN2O+. The normalized spacial score (nSPS) is 13.0. The summed E-state index contributed by atoms with van der Waals surface area (Å²) < 4.78 is 0.839. The van der Waals surface area contributed by atoms with Crippen molar-refractivity contribution in [3.8, 4) is 0 Å². The number of halogens is 1. The molecule has 23 heavy (non-hydrogen) atoms. The molecule has 3 nitrogen and oxygen atoms in total. The summed E-state index contributed by atoms with van der Waals surface area (Å²) in [4.78, 5) is 13.1. The molecule has 4 heteroatoms. The maximum atomic E-state index is 13.1. The Morgan fingerprint density at radius 1 is 1.09 bits per heavy atom. The third kappa shape index (κ3) is 4.48. The molecule has 0 heterocycles. The van der Waals surface area contributed by atoms with Crippen molar-refractivity contribution in [1.29, 1.82) is 0 Å². The molecule has 0 saturated carbocycles. The molecule has 1 aromatic carbocycles. The Morgan fingerprint density at radius 3 is 1.96 bits per heavy atom. The second-order valence-corrected chi connectivity index (χ2v) is 6.81. The minimum atomic E-state index is -0.00511. The van der Waals surface area contributed by atoms with Crippen LogP contribution in [0.1, 0.15) is 51.7 Å². The first-order chi connectivity index (χ1) is 10.8. The molecule has 0 bridgehead atoms. The number of likely N-dealkylation sites (N-methyl/N-ethyl adjacent to an activating group) is 1. The van der Waals surface area contributed by atoms with Gasteiger partial charge in [0.15, 0.2) is 6.04 Å². The summed E-state index contributed by atoms with van der Waals surface area (Å²) in [5, 5.41) is 3.90. The fraction of sp³-hybridized carbons (Fsp3) is 0.632. The first kappa shape index (κ1) is 20.0. The van der Waals surface area contributed by atoms with Crippen LogP contribution in [0, 0.1) is 13.8 Å². The van der Waals surface area contributed by atoms with E-state index in [0.29, 0.717) is 5.02 Å². The van der Waals surface area contributed by atoms with E-state index in [-0.39, 0.29) is 11.9 Å². The van der Waals surface area contributed by atoms with Crippen LogP contribution in [0.4, 0.5) is 5.69 Å². The number of nitrogens with one attached hydrogen (secondary N) is 1. The zero-order chi connectivity index (χ0) is 17.6. The first-order valence-corrected chi connectivity index (χ1v) is 9.16. The van der Waals surface area contributed by atoms with E-state index >= 15 is 0 Å². The molecular weight excluding hydrogens is 308 g/mol. The van der Waals surface area contributed by atoms with Crippen LogP contribution in [0.15, 0.2) is 12.1 Å². The minimum absolute atomic E-state index is 0.00511. The lowest BCUT2D eigenvalue weighted by Gasteiger charge is -2.42. The molecule has 0 aliphatic rings. The summed E-state index contributed by atoms with van der Waals surface area (Å²) in [5.41, 5.74) is 2.93. The zero-order valence-corrected chi connectivity index (χ0v) is 16.3. The lowest BCUT2D eigenvalue weighted by atomic mass is 10.0. The van der Waals surface area contributed by atoms with Crippen molar-refractivity contribution in [2.45, 2.75) is 60.4 Å². The van der Waals surface area contributed by atoms with Crippen molar-refractivity contribution in [3.63, 3.8) is 0 Å². The van der Waals surface area contributed by atoms with Gasteiger partial charge in [-0.2, -0.15) is 0 Å². The van der Waals surface area contributed by atoms with E-state index in [0.717, 1.165) is 53.8 Å². The van der Waals surface area contributed by atoms with Gasteiger partial charge in [0.05, 0.1) is 19.6 Å². The molecule has 0 aromatic heterocycles. The van der Waals surface area contributed by atoms with Gasteiger partial charge < -0.3 is 9.80 Å². The van der Waals surface area contributed by atoms with Crippen LogP contribution in [0.5, 0.6) is 0 Å². The van der Waals surface area contributed by atoms with Crippen LogP contribution in [0.25, 0.3) is 0 Å². The smallest absolute Gasteiger partial charge is 0.282 e. The lowest BCUT2D eigenvalue weighted by Crippen LogP contribution is -2.59. The largest absolute Gasteiger partial charge is 0.320 e. The van der Waals surface area contributed by atoms with Gasteiger partial charge in [0, 0.05) is 17.1 Å². The van der Waals surface area contributed by atoms with Crippen LogP contribution in [0.3, 0.4) is 0 Å². The van der Waals surface area contributed by atoms with E-state index in [1.807, 2.05) is 26.0 Å². The highest BCUT2D eigenvalue weighted by Gasteiger charge is 2.37. The van der Waals surface area contributed by atoms with Crippen LogP contribution in [-0.4, -0.2) is 36.1 Å². The highest BCUT2D eigenvalue weighted by Crippen LogP contribution is 2.26. The van der Waals surface area contributed by atoms with E-state index in [1.54, 1.807) is 0 Å². The van der Waals surface area contributed by atoms with Crippen molar-refractivity contribution >= 4 is 23.2 Å². The SMILES string of the molecule is CCCC(C(=O)Nc1c(C)cc(Cl)cc1C)[N+](CC)(CC)CC. The van der Waals surface area contributed by atoms with E-state index in [9.17, 15) is 4.79 Å². The second kappa shape index (κ2) is 8.70. The van der Waals surface area contributed by atoms with E-state index in [4.69, 9.17) is 11.6 Å². The van der Waals surface area contributed by atoms with E-state index in [2.05, 4.69) is 33.0 Å². The van der Waals surface area contributed by atoms with Crippen LogP contribution < -0.4 is 5.32 Å². The van der Waals surface area contributed by atoms with Gasteiger partial charge >= 0.3 is 0 Å². The predicted molar refractivity (Wildman–Crippen MR) is 100 cm³/mol. The topological polar surface area (TPSA) is 29.1 Å². The maximum Gasteiger partial charge on any atom is 0.282 e. The fourth-order valence-electron chi connectivity index (χ4n) is 3.57. The number of carbonyl (C=O) groups excluding carboxylic acids is 1. The van der Waals surface area contributed by atoms with Crippen molar-refractivity contribution in [3.05, 3.63) is 28.3 Å². The number of hydrogen-bond acceptors (Lipinski definition) is 1. The predicted octanol–water partition coefficient (Wildman–Crippen LogP) is 4.94. The lowest BCUT2D eigenvalue weighted by molar-refractivity contribution is -0.938. The third-order valence-corrected chi connectivity index (χ3v) is 5.38. The molecule has 1 aromatic rings. The van der Waals surface area contributed by atoms with Gasteiger partial charge in [0.2, 0.25) is 0 Å². The Balaban J connectivity index is 3.13. The minimum Gasteiger partial charge on any atom is -0.320 e. The van der Waals surface area contributed by atoms with Crippen LogP contribution >= 0.6 is 11.6 Å². The molecule has 0 saturated heterocycles. The highest BCUT2D eigenvalue weighted by atomic mass is 35.5. The van der Waals surface area contributed by atoms with E-state index < -0.39 is 0 Å². The summed E-state index contributed by atoms with van der Waals surface area (Å²) >= 11 is 6.10. The Hall–Kier alpha value is -1.06. The molecule has 1 N–H and O–H groups in total. The number of hydrogen-bond donors (Lipinski definition) is 1. The molecule has 0 aliphatic carbocycles. The number of benzene rings is 1. The summed E-state index contributed by atoms with van der Waals surface area (Å²) in [5.74, 6) is 0.130. The summed E-state index contributed by atoms with van der Waals surface area (Å²) in [7, 11) is 0. The summed E-state index contributed by atoms with van der Waals surface area (Å²) in [6, 6.07) is 3.80. The summed E-state index contributed by atoms with van der Waals surface area (Å²) in [6.07, 6.45) is 1.92. The van der Waals surface area contributed by atoms with Crippen LogP contribution in [-0.2, 0) is 4.79 Å². The maximum absolute atomic E-state index is 13.1.